The van der Waals surface area contributed by atoms with E-state index in [1.54, 1.807) is 4.90 Å². The number of carboxylic acid groups (broad SMARTS) is 1. The number of amides is 1. The van der Waals surface area contributed by atoms with E-state index in [0.717, 1.165) is 23.9 Å². The number of nitrogens with zero attached hydrogens (tertiary/aromatic N) is 4. The lowest BCUT2D eigenvalue weighted by Gasteiger charge is -2.34. The molecule has 10 nitrogen and oxygen atoms in total. The van der Waals surface area contributed by atoms with Gasteiger partial charge in [-0.15, -0.1) is 0 Å². The SMILES string of the molecule is COC(=O)N1c2ccc3c(nc(C(O)c4cc(F)cc5cn[nH]c45)n3C3CCCC(C(=O)O)C3)c2CC[C@@H]1C. The lowest BCUT2D eigenvalue weighted by molar-refractivity contribution is -0.143. The Kier molecular flexibility index (Phi) is 6.25. The number of H-pyrrole nitrogens is 1. The summed E-state index contributed by atoms with van der Waals surface area (Å²) in [5.74, 6) is -1.55. The molecule has 1 amide bonds. The molecule has 2 aromatic heterocycles. The lowest BCUT2D eigenvalue weighted by Crippen LogP contribution is -2.42. The summed E-state index contributed by atoms with van der Waals surface area (Å²) in [4.78, 5) is 31.1. The number of benzene rings is 2. The Hall–Kier alpha value is -3.99. The molecule has 1 saturated carbocycles. The summed E-state index contributed by atoms with van der Waals surface area (Å²) >= 11 is 0. The molecule has 3 unspecified atom stereocenters. The van der Waals surface area contributed by atoms with E-state index in [2.05, 4.69) is 10.2 Å². The Labute approximate surface area is 223 Å². The number of ether oxygens (including phenoxy) is 1. The summed E-state index contributed by atoms with van der Waals surface area (Å²) < 4.78 is 21.6. The van der Waals surface area contributed by atoms with E-state index in [9.17, 15) is 24.2 Å². The van der Waals surface area contributed by atoms with Gasteiger partial charge in [-0.1, -0.05) is 6.42 Å². The zero-order valence-electron chi connectivity index (χ0n) is 21.7. The summed E-state index contributed by atoms with van der Waals surface area (Å²) in [5.41, 5.74) is 3.74. The van der Waals surface area contributed by atoms with Crippen molar-refractivity contribution >= 4 is 39.7 Å². The average Bonchev–Trinajstić information content (AvgIpc) is 3.56. The number of fused-ring (bicyclic) bond motifs is 4. The summed E-state index contributed by atoms with van der Waals surface area (Å²) in [6.45, 7) is 1.96. The number of aryl methyl sites for hydroxylation is 1. The number of carboxylic acids is 1. The third-order valence-corrected chi connectivity index (χ3v) is 8.30. The fourth-order valence-corrected chi connectivity index (χ4v) is 6.39. The maximum atomic E-state index is 14.6. The number of nitrogens with one attached hydrogen (secondary N) is 1. The van der Waals surface area contributed by atoms with Crippen LogP contribution in [0, 0.1) is 11.7 Å². The molecule has 204 valence electrons. The van der Waals surface area contributed by atoms with Crippen molar-refractivity contribution in [3.63, 3.8) is 0 Å². The van der Waals surface area contributed by atoms with Gasteiger partial charge in [-0.2, -0.15) is 5.10 Å². The van der Waals surface area contributed by atoms with E-state index >= 15 is 0 Å². The fourth-order valence-electron chi connectivity index (χ4n) is 6.39. The van der Waals surface area contributed by atoms with Crippen molar-refractivity contribution < 1.29 is 28.9 Å². The molecule has 0 bridgehead atoms. The number of anilines is 1. The molecule has 6 rings (SSSR count). The van der Waals surface area contributed by atoms with Crippen LogP contribution >= 0.6 is 0 Å². The number of rotatable bonds is 4. The van der Waals surface area contributed by atoms with Gasteiger partial charge in [0.15, 0.2) is 0 Å². The molecule has 1 aliphatic heterocycles. The molecule has 0 spiro atoms. The minimum Gasteiger partial charge on any atom is -0.481 e. The van der Waals surface area contributed by atoms with Crippen molar-refractivity contribution in [1.29, 1.82) is 0 Å². The molecule has 39 heavy (non-hydrogen) atoms. The molecule has 1 aliphatic carbocycles. The minimum absolute atomic E-state index is 0.0647. The quantitative estimate of drug-likeness (QED) is 0.340. The van der Waals surface area contributed by atoms with Crippen molar-refractivity contribution in [3.8, 4) is 0 Å². The number of methoxy groups -OCH3 is 1. The van der Waals surface area contributed by atoms with E-state index in [4.69, 9.17) is 9.72 Å². The maximum Gasteiger partial charge on any atom is 0.414 e. The predicted molar refractivity (Wildman–Crippen MR) is 141 cm³/mol. The molecule has 1 fully saturated rings. The van der Waals surface area contributed by atoms with Crippen LogP contribution < -0.4 is 4.90 Å². The molecule has 0 saturated heterocycles. The summed E-state index contributed by atoms with van der Waals surface area (Å²) in [6, 6.07) is 6.06. The van der Waals surface area contributed by atoms with Crippen LogP contribution in [0.1, 0.15) is 68.1 Å². The van der Waals surface area contributed by atoms with Crippen molar-refractivity contribution in [1.82, 2.24) is 19.7 Å². The number of hydrogen-bond acceptors (Lipinski definition) is 6. The summed E-state index contributed by atoms with van der Waals surface area (Å²) in [7, 11) is 1.35. The minimum atomic E-state index is -1.31. The molecule has 2 aliphatic rings. The number of aromatic nitrogens is 4. The number of imidazole rings is 1. The Morgan fingerprint density at radius 1 is 1.23 bits per heavy atom. The van der Waals surface area contributed by atoms with Crippen molar-refractivity contribution in [2.24, 2.45) is 5.92 Å². The van der Waals surface area contributed by atoms with Gasteiger partial charge < -0.3 is 19.5 Å². The van der Waals surface area contributed by atoms with Gasteiger partial charge in [0.25, 0.3) is 0 Å². The number of hydrogen-bond donors (Lipinski definition) is 3. The van der Waals surface area contributed by atoms with Gasteiger partial charge in [0, 0.05) is 28.6 Å². The van der Waals surface area contributed by atoms with Crippen LogP contribution in [-0.4, -0.2) is 55.2 Å². The lowest BCUT2D eigenvalue weighted by atomic mass is 9.85. The van der Waals surface area contributed by atoms with Crippen LogP contribution in [0.2, 0.25) is 0 Å². The van der Waals surface area contributed by atoms with E-state index in [0.29, 0.717) is 59.2 Å². The molecule has 3 heterocycles. The van der Waals surface area contributed by atoms with E-state index in [-0.39, 0.29) is 12.1 Å². The largest absolute Gasteiger partial charge is 0.481 e. The first-order chi connectivity index (χ1) is 18.8. The number of halogens is 1. The first-order valence-corrected chi connectivity index (χ1v) is 13.2. The molecule has 4 atom stereocenters. The van der Waals surface area contributed by atoms with Crippen molar-refractivity contribution in [3.05, 3.63) is 53.2 Å². The van der Waals surface area contributed by atoms with Gasteiger partial charge in [-0.25, -0.2) is 14.2 Å². The topological polar surface area (TPSA) is 134 Å². The van der Waals surface area contributed by atoms with Gasteiger partial charge >= 0.3 is 12.1 Å². The van der Waals surface area contributed by atoms with Crippen LogP contribution in [0.3, 0.4) is 0 Å². The molecular weight excluding hydrogens is 505 g/mol. The second-order valence-electron chi connectivity index (χ2n) is 10.6. The maximum absolute atomic E-state index is 14.6. The molecular formula is C28H30FN5O5. The standard InChI is InChI=1S/C28H30FN5O5/c1-14-6-7-19-21(33(14)28(38)39-2)8-9-22-24(19)31-26(34(22)18-5-3-4-15(11-18)27(36)37)25(35)20-12-17(29)10-16-13-30-32-23(16)20/h8-10,12-15,18,25,35H,3-7,11H2,1-2H3,(H,30,32)(H,36,37)/t14-,15?,18?,25?/m0/s1. The Morgan fingerprint density at radius 3 is 2.82 bits per heavy atom. The second kappa shape index (κ2) is 9.64. The van der Waals surface area contributed by atoms with Gasteiger partial charge in [-0.05, 0) is 63.3 Å². The number of aliphatic hydroxyl groups is 1. The number of aliphatic hydroxyl groups excluding tert-OH is 1. The van der Waals surface area contributed by atoms with E-state index in [1.807, 2.05) is 23.6 Å². The normalized spacial score (nSPS) is 22.2. The summed E-state index contributed by atoms with van der Waals surface area (Å²) in [5, 5.41) is 28.9. The van der Waals surface area contributed by atoms with Crippen LogP contribution in [-0.2, 0) is 16.0 Å². The number of carbonyl (C=O) groups is 2. The third kappa shape index (κ3) is 4.12. The van der Waals surface area contributed by atoms with Gasteiger partial charge in [0.1, 0.15) is 17.7 Å². The van der Waals surface area contributed by atoms with Crippen molar-refractivity contribution in [2.75, 3.05) is 12.0 Å². The Balaban J connectivity index is 1.57. The van der Waals surface area contributed by atoms with Gasteiger partial charge in [0.2, 0.25) is 0 Å². The van der Waals surface area contributed by atoms with Gasteiger partial charge in [-0.3, -0.25) is 14.8 Å². The number of aromatic amines is 1. The number of aliphatic carboxylic acids is 1. The van der Waals surface area contributed by atoms with Crippen molar-refractivity contribution in [2.45, 2.75) is 63.6 Å². The number of carbonyl (C=O) groups excluding carboxylic acids is 1. The Bertz CT molecular complexity index is 1600. The van der Waals surface area contributed by atoms with Crippen LogP contribution in [0.15, 0.2) is 30.5 Å². The first kappa shape index (κ1) is 25.3. The Morgan fingerprint density at radius 2 is 2.05 bits per heavy atom. The predicted octanol–water partition coefficient (Wildman–Crippen LogP) is 4.86. The zero-order chi connectivity index (χ0) is 27.4. The highest BCUT2D eigenvalue weighted by atomic mass is 19.1. The molecule has 4 aromatic rings. The molecule has 2 aromatic carbocycles. The highest BCUT2D eigenvalue weighted by Gasteiger charge is 2.36. The van der Waals surface area contributed by atoms with Crippen LogP contribution in [0.25, 0.3) is 21.9 Å². The molecule has 3 N–H and O–H groups in total. The van der Waals surface area contributed by atoms with Crippen LogP contribution in [0.5, 0.6) is 0 Å². The third-order valence-electron chi connectivity index (χ3n) is 8.30. The van der Waals surface area contributed by atoms with Gasteiger partial charge in [0.05, 0.1) is 41.5 Å². The highest BCUT2D eigenvalue weighted by Crippen LogP contribution is 2.42. The second-order valence-corrected chi connectivity index (χ2v) is 10.6. The first-order valence-electron chi connectivity index (χ1n) is 13.2. The fraction of sp³-hybridized carbons (Fsp3) is 0.429. The summed E-state index contributed by atoms with van der Waals surface area (Å²) in [6.07, 6.45) is 3.53. The smallest absolute Gasteiger partial charge is 0.414 e. The van der Waals surface area contributed by atoms with E-state index in [1.165, 1.54) is 25.4 Å². The molecule has 11 heteroatoms. The van der Waals surface area contributed by atoms with E-state index < -0.39 is 29.9 Å². The molecule has 0 radical (unpaired) electrons. The monoisotopic (exact) mass is 535 g/mol. The highest BCUT2D eigenvalue weighted by molar-refractivity contribution is 5.95. The average molecular weight is 536 g/mol. The van der Waals surface area contributed by atoms with Crippen LogP contribution in [0.4, 0.5) is 14.9 Å². The zero-order valence-corrected chi connectivity index (χ0v) is 21.7.